The van der Waals surface area contributed by atoms with Crippen molar-refractivity contribution in [3.05, 3.63) is 81.5 Å². The number of para-hydroxylation sites is 1. The van der Waals surface area contributed by atoms with E-state index < -0.39 is 22.5 Å². The first-order valence-corrected chi connectivity index (χ1v) is 8.42. The smallest absolute Gasteiger partial charge is 0.326 e. The number of hydrogen-bond acceptors (Lipinski definition) is 7. The molecule has 1 heterocycles. The van der Waals surface area contributed by atoms with Crippen LogP contribution in [0.25, 0.3) is 0 Å². The van der Waals surface area contributed by atoms with E-state index in [1.165, 1.54) is 48.7 Å². The molecule has 0 unspecified atom stereocenters. The number of imide groups is 1. The predicted octanol–water partition coefficient (Wildman–Crippen LogP) is 3.79. The number of ether oxygens (including phenoxy) is 1. The third kappa shape index (κ3) is 5.02. The average molecular weight is 414 g/mol. The van der Waals surface area contributed by atoms with Gasteiger partial charge >= 0.3 is 6.03 Å². The van der Waals surface area contributed by atoms with E-state index in [1.807, 2.05) is 5.32 Å². The second kappa shape index (κ2) is 8.76. The fourth-order valence-corrected chi connectivity index (χ4v) is 2.49. The first kappa shape index (κ1) is 19.7. The SMILES string of the molecule is O=C(NC(=O)c1ccccc1[N+](=O)[O-])Nc1ccc(Oc2cccnn2)c(Cl)c1. The molecule has 0 bridgehead atoms. The van der Waals surface area contributed by atoms with Crippen molar-refractivity contribution in [1.29, 1.82) is 0 Å². The molecule has 3 amide bonds. The Bertz CT molecular complexity index is 1080. The lowest BCUT2D eigenvalue weighted by atomic mass is 10.1. The van der Waals surface area contributed by atoms with Crippen molar-refractivity contribution in [3.63, 3.8) is 0 Å². The molecule has 1 aromatic heterocycles. The molecule has 2 aromatic carbocycles. The summed E-state index contributed by atoms with van der Waals surface area (Å²) in [4.78, 5) is 34.5. The molecule has 0 aliphatic heterocycles. The molecule has 3 rings (SSSR count). The Morgan fingerprint density at radius 3 is 2.59 bits per heavy atom. The molecule has 29 heavy (non-hydrogen) atoms. The number of rotatable bonds is 5. The fraction of sp³-hybridized carbons (Fsp3) is 0. The van der Waals surface area contributed by atoms with Crippen LogP contribution < -0.4 is 15.4 Å². The molecule has 0 spiro atoms. The number of carbonyl (C=O) groups excluding carboxylic acids is 2. The van der Waals surface area contributed by atoms with Crippen LogP contribution in [0.3, 0.4) is 0 Å². The Kier molecular flexibility index (Phi) is 5.95. The highest BCUT2D eigenvalue weighted by atomic mass is 35.5. The lowest BCUT2D eigenvalue weighted by Crippen LogP contribution is -2.34. The van der Waals surface area contributed by atoms with Crippen molar-refractivity contribution in [2.24, 2.45) is 0 Å². The Hall–Kier alpha value is -4.05. The molecule has 0 fully saturated rings. The quantitative estimate of drug-likeness (QED) is 0.479. The summed E-state index contributed by atoms with van der Waals surface area (Å²) in [6.45, 7) is 0. The number of nitrogens with one attached hydrogen (secondary N) is 2. The standard InChI is InChI=1S/C18H12ClN5O5/c19-13-10-11(7-8-15(13)29-16-6-3-9-20-23-16)21-18(26)22-17(25)12-4-1-2-5-14(12)24(27)28/h1-10H,(H2,21,22,25,26). The van der Waals surface area contributed by atoms with Gasteiger partial charge in [0.25, 0.3) is 11.6 Å². The predicted molar refractivity (Wildman–Crippen MR) is 103 cm³/mol. The minimum absolute atomic E-state index is 0.179. The molecule has 146 valence electrons. The number of nitro groups is 1. The minimum Gasteiger partial charge on any atom is -0.436 e. The van der Waals surface area contributed by atoms with Gasteiger partial charge in [0.15, 0.2) is 0 Å². The molecule has 3 aromatic rings. The Morgan fingerprint density at radius 2 is 1.90 bits per heavy atom. The summed E-state index contributed by atoms with van der Waals surface area (Å²) in [6.07, 6.45) is 1.49. The van der Waals surface area contributed by atoms with Gasteiger partial charge in [0.05, 0.1) is 9.95 Å². The maximum absolute atomic E-state index is 12.2. The van der Waals surface area contributed by atoms with Gasteiger partial charge in [-0.2, -0.15) is 5.10 Å². The highest BCUT2D eigenvalue weighted by molar-refractivity contribution is 6.32. The van der Waals surface area contributed by atoms with Gasteiger partial charge in [-0.3, -0.25) is 20.2 Å². The van der Waals surface area contributed by atoms with E-state index >= 15 is 0 Å². The van der Waals surface area contributed by atoms with Gasteiger partial charge in [0, 0.05) is 24.0 Å². The largest absolute Gasteiger partial charge is 0.436 e. The second-order valence-electron chi connectivity index (χ2n) is 5.49. The second-order valence-corrected chi connectivity index (χ2v) is 5.90. The van der Waals surface area contributed by atoms with Crippen LogP contribution in [0, 0.1) is 10.1 Å². The van der Waals surface area contributed by atoms with Crippen LogP contribution in [0.5, 0.6) is 11.6 Å². The van der Waals surface area contributed by atoms with E-state index in [2.05, 4.69) is 15.5 Å². The summed E-state index contributed by atoms with van der Waals surface area (Å²) >= 11 is 6.13. The normalized spacial score (nSPS) is 10.1. The highest BCUT2D eigenvalue weighted by Gasteiger charge is 2.21. The Balaban J connectivity index is 1.66. The summed E-state index contributed by atoms with van der Waals surface area (Å²) in [5, 5.41) is 23.1. The van der Waals surface area contributed by atoms with Crippen LogP contribution in [0.15, 0.2) is 60.8 Å². The average Bonchev–Trinajstić information content (AvgIpc) is 2.70. The summed E-state index contributed by atoms with van der Waals surface area (Å²) in [5.41, 5.74) is -0.376. The Morgan fingerprint density at radius 1 is 1.10 bits per heavy atom. The van der Waals surface area contributed by atoms with Crippen molar-refractivity contribution < 1.29 is 19.2 Å². The third-order valence-electron chi connectivity index (χ3n) is 3.52. The van der Waals surface area contributed by atoms with Crippen molar-refractivity contribution in [3.8, 4) is 11.6 Å². The zero-order chi connectivity index (χ0) is 20.8. The molecule has 0 aliphatic carbocycles. The van der Waals surface area contributed by atoms with Crippen molar-refractivity contribution in [2.45, 2.75) is 0 Å². The molecular weight excluding hydrogens is 402 g/mol. The number of amides is 3. The van der Waals surface area contributed by atoms with Crippen molar-refractivity contribution in [1.82, 2.24) is 15.5 Å². The van der Waals surface area contributed by atoms with E-state index in [4.69, 9.17) is 16.3 Å². The molecule has 0 saturated carbocycles. The molecular formula is C18H12ClN5O5. The molecule has 11 heteroatoms. The van der Waals surface area contributed by atoms with Crippen molar-refractivity contribution >= 4 is 34.9 Å². The van der Waals surface area contributed by atoms with E-state index in [0.717, 1.165) is 0 Å². The van der Waals surface area contributed by atoms with Gasteiger partial charge in [-0.15, -0.1) is 5.10 Å². The van der Waals surface area contributed by atoms with E-state index in [-0.39, 0.29) is 27.9 Å². The number of carbonyl (C=O) groups is 2. The lowest BCUT2D eigenvalue weighted by Gasteiger charge is -2.10. The molecule has 0 radical (unpaired) electrons. The lowest BCUT2D eigenvalue weighted by molar-refractivity contribution is -0.385. The number of aromatic nitrogens is 2. The first-order chi connectivity index (χ1) is 13.9. The maximum atomic E-state index is 12.2. The van der Waals surface area contributed by atoms with Crippen molar-refractivity contribution in [2.75, 3.05) is 5.32 Å². The first-order valence-electron chi connectivity index (χ1n) is 8.05. The van der Waals surface area contributed by atoms with E-state index in [0.29, 0.717) is 0 Å². The van der Waals surface area contributed by atoms with Gasteiger partial charge in [-0.1, -0.05) is 23.7 Å². The monoisotopic (exact) mass is 413 g/mol. The zero-order valence-corrected chi connectivity index (χ0v) is 15.3. The van der Waals surface area contributed by atoms with Crippen LogP contribution in [0.2, 0.25) is 5.02 Å². The summed E-state index contributed by atoms with van der Waals surface area (Å²) in [6, 6.07) is 12.0. The van der Waals surface area contributed by atoms with Crippen LogP contribution in [-0.4, -0.2) is 27.1 Å². The fourth-order valence-electron chi connectivity index (χ4n) is 2.27. The number of urea groups is 1. The van der Waals surface area contributed by atoms with Crippen LogP contribution in [-0.2, 0) is 0 Å². The van der Waals surface area contributed by atoms with Gasteiger partial charge < -0.3 is 10.1 Å². The zero-order valence-electron chi connectivity index (χ0n) is 14.5. The molecule has 2 N–H and O–H groups in total. The molecule has 10 nitrogen and oxygen atoms in total. The number of nitro benzene ring substituents is 1. The Labute approximate surface area is 168 Å². The number of hydrogen-bond donors (Lipinski definition) is 2. The van der Waals surface area contributed by atoms with Gasteiger partial charge in [-0.25, -0.2) is 4.79 Å². The van der Waals surface area contributed by atoms with Crippen LogP contribution >= 0.6 is 11.6 Å². The summed E-state index contributed by atoms with van der Waals surface area (Å²) in [5.74, 6) is -0.388. The molecule has 0 aliphatic rings. The summed E-state index contributed by atoms with van der Waals surface area (Å²) < 4.78 is 5.48. The minimum atomic E-state index is -0.913. The van der Waals surface area contributed by atoms with E-state index in [1.54, 1.807) is 12.1 Å². The van der Waals surface area contributed by atoms with Gasteiger partial charge in [-0.05, 0) is 30.3 Å². The maximum Gasteiger partial charge on any atom is 0.326 e. The number of benzene rings is 2. The third-order valence-corrected chi connectivity index (χ3v) is 3.82. The topological polar surface area (TPSA) is 136 Å². The van der Waals surface area contributed by atoms with Gasteiger partial charge in [0.1, 0.15) is 11.3 Å². The van der Waals surface area contributed by atoms with Crippen LogP contribution in [0.4, 0.5) is 16.2 Å². The van der Waals surface area contributed by atoms with Crippen LogP contribution in [0.1, 0.15) is 10.4 Å². The summed E-state index contributed by atoms with van der Waals surface area (Å²) in [7, 11) is 0. The number of halogens is 1. The highest BCUT2D eigenvalue weighted by Crippen LogP contribution is 2.30. The number of anilines is 1. The molecule has 0 atom stereocenters. The van der Waals surface area contributed by atoms with E-state index in [9.17, 15) is 19.7 Å². The number of nitrogens with zero attached hydrogens (tertiary/aromatic N) is 3. The van der Waals surface area contributed by atoms with Gasteiger partial charge in [0.2, 0.25) is 5.88 Å². The molecule has 0 saturated heterocycles.